The van der Waals surface area contributed by atoms with Crippen LogP contribution in [-0.4, -0.2) is 46.6 Å². The lowest BCUT2D eigenvalue weighted by Crippen LogP contribution is -2.48. The Balaban J connectivity index is 1.68. The lowest BCUT2D eigenvalue weighted by Gasteiger charge is -2.36. The van der Waals surface area contributed by atoms with E-state index in [9.17, 15) is 9.59 Å². The predicted molar refractivity (Wildman–Crippen MR) is 109 cm³/mol. The second kappa shape index (κ2) is 8.45. The largest absolute Gasteiger partial charge is 0.481 e. The first-order valence-electron chi connectivity index (χ1n) is 9.95. The van der Waals surface area contributed by atoms with Gasteiger partial charge in [-0.05, 0) is 63.4 Å². The second-order valence-electron chi connectivity index (χ2n) is 8.60. The first-order valence-corrected chi connectivity index (χ1v) is 9.95. The number of rotatable bonds is 7. The van der Waals surface area contributed by atoms with Crippen LogP contribution in [0, 0.1) is 5.92 Å². The summed E-state index contributed by atoms with van der Waals surface area (Å²) in [7, 11) is 0. The number of aromatic amines is 1. The standard InChI is InChI=1S/C22H30N2O4/c1-22(2,3)28-20-13-23-9-8-16(20)19(25)7-5-15-12-24-18-6-4-14(10-17(15)18)11-21(26)27/h4,6,10,12,16,20,23-24H,5,7-9,11,13H2,1-3H3,(H,26,27). The molecule has 28 heavy (non-hydrogen) atoms. The van der Waals surface area contributed by atoms with Gasteiger partial charge in [-0.1, -0.05) is 6.07 Å². The number of H-pyrrole nitrogens is 1. The summed E-state index contributed by atoms with van der Waals surface area (Å²) in [5, 5.41) is 13.3. The van der Waals surface area contributed by atoms with E-state index in [1.807, 2.05) is 45.2 Å². The van der Waals surface area contributed by atoms with Gasteiger partial charge in [0.15, 0.2) is 0 Å². The van der Waals surface area contributed by atoms with Crippen LogP contribution in [0.3, 0.4) is 0 Å². The Morgan fingerprint density at radius 1 is 1.29 bits per heavy atom. The predicted octanol–water partition coefficient (Wildman–Crippen LogP) is 3.09. The Hall–Kier alpha value is -2.18. The Bertz CT molecular complexity index is 850. The number of carboxylic acids is 1. The number of aliphatic carboxylic acids is 1. The third-order valence-electron chi connectivity index (χ3n) is 5.17. The number of hydrogen-bond donors (Lipinski definition) is 3. The maximum absolute atomic E-state index is 12.9. The minimum Gasteiger partial charge on any atom is -0.481 e. The molecule has 0 spiro atoms. The molecule has 0 saturated carbocycles. The van der Waals surface area contributed by atoms with E-state index in [0.717, 1.165) is 35.0 Å². The summed E-state index contributed by atoms with van der Waals surface area (Å²) in [5.74, 6) is -0.678. The second-order valence-corrected chi connectivity index (χ2v) is 8.60. The molecule has 6 nitrogen and oxygen atoms in total. The number of nitrogens with one attached hydrogen (secondary N) is 2. The molecule has 2 aromatic rings. The third-order valence-corrected chi connectivity index (χ3v) is 5.17. The molecular formula is C22H30N2O4. The van der Waals surface area contributed by atoms with E-state index in [1.54, 1.807) is 0 Å². The molecule has 2 unspecified atom stereocenters. The van der Waals surface area contributed by atoms with Crippen LogP contribution in [0.25, 0.3) is 10.9 Å². The Kier molecular flexibility index (Phi) is 6.20. The maximum atomic E-state index is 12.9. The molecule has 6 heteroatoms. The van der Waals surface area contributed by atoms with Crippen LogP contribution in [0.5, 0.6) is 0 Å². The van der Waals surface area contributed by atoms with Crippen molar-refractivity contribution in [1.29, 1.82) is 0 Å². The third kappa shape index (κ3) is 5.20. The lowest BCUT2D eigenvalue weighted by molar-refractivity contribution is -0.138. The van der Waals surface area contributed by atoms with Crippen molar-refractivity contribution in [2.24, 2.45) is 5.92 Å². The van der Waals surface area contributed by atoms with Crippen molar-refractivity contribution in [2.75, 3.05) is 13.1 Å². The van der Waals surface area contributed by atoms with Crippen molar-refractivity contribution in [3.63, 3.8) is 0 Å². The molecule has 0 bridgehead atoms. The van der Waals surface area contributed by atoms with Gasteiger partial charge in [0.25, 0.3) is 0 Å². The number of piperidine rings is 1. The van der Waals surface area contributed by atoms with E-state index in [-0.39, 0.29) is 29.8 Å². The van der Waals surface area contributed by atoms with E-state index in [2.05, 4.69) is 10.3 Å². The van der Waals surface area contributed by atoms with Crippen molar-refractivity contribution in [2.45, 2.75) is 58.2 Å². The number of ketones is 1. The number of carboxylic acid groups (broad SMARTS) is 1. The van der Waals surface area contributed by atoms with Crippen molar-refractivity contribution >= 4 is 22.7 Å². The van der Waals surface area contributed by atoms with Crippen LogP contribution in [-0.2, 0) is 27.2 Å². The first kappa shape index (κ1) is 20.6. The molecule has 2 heterocycles. The van der Waals surface area contributed by atoms with E-state index < -0.39 is 5.97 Å². The van der Waals surface area contributed by atoms with E-state index in [1.165, 1.54) is 0 Å². The quantitative estimate of drug-likeness (QED) is 0.680. The number of aromatic nitrogens is 1. The van der Waals surface area contributed by atoms with Gasteiger partial charge in [0.2, 0.25) is 0 Å². The van der Waals surface area contributed by atoms with Gasteiger partial charge in [0.1, 0.15) is 5.78 Å². The molecule has 152 valence electrons. The van der Waals surface area contributed by atoms with Gasteiger partial charge in [-0.15, -0.1) is 0 Å². The van der Waals surface area contributed by atoms with Crippen molar-refractivity contribution in [3.8, 4) is 0 Å². The van der Waals surface area contributed by atoms with Crippen LogP contribution >= 0.6 is 0 Å². The number of aryl methyl sites for hydroxylation is 1. The maximum Gasteiger partial charge on any atom is 0.307 e. The fourth-order valence-electron chi connectivity index (χ4n) is 3.94. The Morgan fingerprint density at radius 3 is 2.79 bits per heavy atom. The summed E-state index contributed by atoms with van der Waals surface area (Å²) in [6.07, 6.45) is 3.74. The zero-order valence-electron chi connectivity index (χ0n) is 16.9. The molecule has 0 aliphatic carbocycles. The molecule has 1 saturated heterocycles. The van der Waals surface area contributed by atoms with Crippen LogP contribution in [0.1, 0.15) is 44.7 Å². The molecule has 3 rings (SSSR count). The smallest absolute Gasteiger partial charge is 0.307 e. The summed E-state index contributed by atoms with van der Waals surface area (Å²) in [6.45, 7) is 7.60. The van der Waals surface area contributed by atoms with Gasteiger partial charge >= 0.3 is 5.97 Å². The molecule has 1 aliphatic rings. The summed E-state index contributed by atoms with van der Waals surface area (Å²) >= 11 is 0. The summed E-state index contributed by atoms with van der Waals surface area (Å²) in [5.41, 5.74) is 2.51. The Morgan fingerprint density at radius 2 is 2.07 bits per heavy atom. The summed E-state index contributed by atoms with van der Waals surface area (Å²) in [6, 6.07) is 5.64. The number of Topliss-reactive ketones (excluding diaryl/α,β-unsaturated/α-hetero) is 1. The molecule has 0 amide bonds. The normalized spacial score (nSPS) is 20.4. The van der Waals surface area contributed by atoms with E-state index in [4.69, 9.17) is 9.84 Å². The van der Waals surface area contributed by atoms with Crippen LogP contribution in [0.2, 0.25) is 0 Å². The van der Waals surface area contributed by atoms with Crippen molar-refractivity contribution in [3.05, 3.63) is 35.5 Å². The average molecular weight is 386 g/mol. The van der Waals surface area contributed by atoms with Crippen LogP contribution in [0.15, 0.2) is 24.4 Å². The minimum absolute atomic E-state index is 0.000384. The average Bonchev–Trinajstić information content (AvgIpc) is 3.00. The van der Waals surface area contributed by atoms with Gasteiger partial charge in [-0.25, -0.2) is 0 Å². The number of ether oxygens (including phenoxy) is 1. The van der Waals surface area contributed by atoms with Crippen molar-refractivity contribution in [1.82, 2.24) is 10.3 Å². The van der Waals surface area contributed by atoms with E-state index in [0.29, 0.717) is 19.4 Å². The van der Waals surface area contributed by atoms with E-state index >= 15 is 0 Å². The first-order chi connectivity index (χ1) is 13.2. The highest BCUT2D eigenvalue weighted by atomic mass is 16.5. The molecule has 3 N–H and O–H groups in total. The highest BCUT2D eigenvalue weighted by Crippen LogP contribution is 2.26. The fraction of sp³-hybridized carbons (Fsp3) is 0.545. The topological polar surface area (TPSA) is 91.4 Å². The molecule has 0 radical (unpaired) electrons. The number of carbonyl (C=O) groups excluding carboxylic acids is 1. The molecule has 1 fully saturated rings. The molecule has 2 atom stereocenters. The molecule has 1 aromatic heterocycles. The number of fused-ring (bicyclic) bond motifs is 1. The van der Waals surface area contributed by atoms with Crippen LogP contribution in [0.4, 0.5) is 0 Å². The fourth-order valence-corrected chi connectivity index (χ4v) is 3.94. The van der Waals surface area contributed by atoms with Gasteiger partial charge in [0, 0.05) is 36.0 Å². The van der Waals surface area contributed by atoms with Crippen molar-refractivity contribution < 1.29 is 19.4 Å². The summed E-state index contributed by atoms with van der Waals surface area (Å²) < 4.78 is 6.13. The number of hydrogen-bond acceptors (Lipinski definition) is 4. The molecule has 1 aliphatic heterocycles. The van der Waals surface area contributed by atoms with Gasteiger partial charge in [0.05, 0.1) is 18.1 Å². The highest BCUT2D eigenvalue weighted by molar-refractivity contribution is 5.86. The zero-order chi connectivity index (χ0) is 20.3. The zero-order valence-corrected chi connectivity index (χ0v) is 16.9. The molecular weight excluding hydrogens is 356 g/mol. The minimum atomic E-state index is -0.845. The molecule has 1 aromatic carbocycles. The number of carbonyl (C=O) groups is 2. The van der Waals surface area contributed by atoms with Gasteiger partial charge in [-0.3, -0.25) is 9.59 Å². The SMILES string of the molecule is CC(C)(C)OC1CNCCC1C(=O)CCc1c[nH]c2ccc(CC(=O)O)cc12. The highest BCUT2D eigenvalue weighted by Gasteiger charge is 2.33. The summed E-state index contributed by atoms with van der Waals surface area (Å²) in [4.78, 5) is 27.1. The number of benzene rings is 1. The van der Waals surface area contributed by atoms with Crippen LogP contribution < -0.4 is 5.32 Å². The van der Waals surface area contributed by atoms with Gasteiger partial charge < -0.3 is 20.1 Å². The van der Waals surface area contributed by atoms with Gasteiger partial charge in [-0.2, -0.15) is 0 Å². The lowest BCUT2D eigenvalue weighted by atomic mass is 9.87. The Labute approximate surface area is 165 Å². The monoisotopic (exact) mass is 386 g/mol.